The summed E-state index contributed by atoms with van der Waals surface area (Å²) < 4.78 is 13.2. The zero-order valence-corrected chi connectivity index (χ0v) is 11.7. The van der Waals surface area contributed by atoms with Crippen molar-refractivity contribution in [3.63, 3.8) is 0 Å². The molecule has 1 atom stereocenters. The van der Waals surface area contributed by atoms with Crippen LogP contribution in [-0.4, -0.2) is 23.2 Å². The Morgan fingerprint density at radius 3 is 2.90 bits per heavy atom. The van der Waals surface area contributed by atoms with E-state index in [0.29, 0.717) is 19.5 Å². The van der Waals surface area contributed by atoms with Crippen molar-refractivity contribution in [3.05, 3.63) is 35.6 Å². The number of hydrazone groups is 1. The lowest BCUT2D eigenvalue weighted by molar-refractivity contribution is -0.132. The number of hydrogen-bond acceptors (Lipinski definition) is 3. The molecule has 108 valence electrons. The Morgan fingerprint density at radius 1 is 1.45 bits per heavy atom. The van der Waals surface area contributed by atoms with Gasteiger partial charge in [0.05, 0.1) is 18.2 Å². The van der Waals surface area contributed by atoms with E-state index in [1.54, 1.807) is 12.1 Å². The van der Waals surface area contributed by atoms with Crippen LogP contribution in [0, 0.1) is 11.7 Å². The first-order chi connectivity index (χ1) is 9.65. The molecule has 4 nitrogen and oxygen atoms in total. The first-order valence-corrected chi connectivity index (χ1v) is 6.99. The molecule has 1 aromatic carbocycles. The minimum absolute atomic E-state index is 0.0249. The molecule has 1 aliphatic heterocycles. The third kappa shape index (κ3) is 3.22. The molecule has 1 aliphatic rings. The van der Waals surface area contributed by atoms with Gasteiger partial charge in [0, 0.05) is 0 Å². The molecule has 1 heterocycles. The monoisotopic (exact) mass is 277 g/mol. The first kappa shape index (κ1) is 14.7. The fourth-order valence-corrected chi connectivity index (χ4v) is 2.46. The summed E-state index contributed by atoms with van der Waals surface area (Å²) in [4.78, 5) is 12.3. The van der Waals surface area contributed by atoms with E-state index in [1.807, 2.05) is 0 Å². The van der Waals surface area contributed by atoms with Crippen molar-refractivity contribution in [1.82, 2.24) is 5.01 Å². The molecule has 0 aromatic heterocycles. The molecule has 1 amide bonds. The molecule has 0 aliphatic carbocycles. The summed E-state index contributed by atoms with van der Waals surface area (Å²) in [6.45, 7) is 2.83. The molecule has 0 saturated carbocycles. The van der Waals surface area contributed by atoms with E-state index in [2.05, 4.69) is 12.0 Å². The predicted octanol–water partition coefficient (Wildman–Crippen LogP) is 2.29. The molecule has 2 rings (SSSR count). The van der Waals surface area contributed by atoms with Gasteiger partial charge in [0.25, 0.3) is 5.91 Å². The minimum Gasteiger partial charge on any atom is -0.330 e. The van der Waals surface area contributed by atoms with Gasteiger partial charge in [-0.25, -0.2) is 9.40 Å². The largest absolute Gasteiger partial charge is 0.330 e. The van der Waals surface area contributed by atoms with Gasteiger partial charge in [-0.1, -0.05) is 25.5 Å². The van der Waals surface area contributed by atoms with E-state index in [9.17, 15) is 9.18 Å². The number of rotatable bonds is 6. The molecule has 0 bridgehead atoms. The molecule has 20 heavy (non-hydrogen) atoms. The van der Waals surface area contributed by atoms with Gasteiger partial charge >= 0.3 is 0 Å². The van der Waals surface area contributed by atoms with Crippen molar-refractivity contribution in [3.8, 4) is 0 Å². The highest BCUT2D eigenvalue weighted by molar-refractivity contribution is 6.07. The van der Waals surface area contributed by atoms with Crippen LogP contribution in [0.25, 0.3) is 0 Å². The fourth-order valence-electron chi connectivity index (χ4n) is 2.46. The lowest BCUT2D eigenvalue weighted by Gasteiger charge is -2.14. The molecule has 0 radical (unpaired) electrons. The molecule has 5 heteroatoms. The van der Waals surface area contributed by atoms with E-state index in [1.165, 1.54) is 17.1 Å². The first-order valence-electron chi connectivity index (χ1n) is 6.99. The number of nitrogens with zero attached hydrogens (tertiary/aromatic N) is 2. The predicted molar refractivity (Wildman–Crippen MR) is 76.5 cm³/mol. The van der Waals surface area contributed by atoms with Crippen LogP contribution in [0.3, 0.4) is 0 Å². The van der Waals surface area contributed by atoms with Crippen LogP contribution in [0.5, 0.6) is 0 Å². The Labute approximate surface area is 118 Å². The van der Waals surface area contributed by atoms with E-state index >= 15 is 0 Å². The SMILES string of the molecule is CCCC1=NN(Cc2cccc(F)c2)C(=O)C1CCN. The number of amides is 1. The number of benzene rings is 1. The Balaban J connectivity index is 2.13. The molecule has 2 N–H and O–H groups in total. The zero-order chi connectivity index (χ0) is 14.5. The number of carbonyl (C=O) groups excluding carboxylic acids is 1. The minimum atomic E-state index is -0.301. The van der Waals surface area contributed by atoms with Gasteiger partial charge in [0.1, 0.15) is 5.82 Å². The van der Waals surface area contributed by atoms with E-state index < -0.39 is 0 Å². The molecule has 1 aromatic rings. The van der Waals surface area contributed by atoms with Gasteiger partial charge in [0.2, 0.25) is 0 Å². The second-order valence-corrected chi connectivity index (χ2v) is 5.00. The molecule has 0 saturated heterocycles. The van der Waals surface area contributed by atoms with E-state index in [4.69, 9.17) is 5.73 Å². The van der Waals surface area contributed by atoms with Crippen molar-refractivity contribution in [2.75, 3.05) is 6.54 Å². The normalized spacial score (nSPS) is 18.6. The second kappa shape index (κ2) is 6.61. The van der Waals surface area contributed by atoms with Crippen LogP contribution in [0.15, 0.2) is 29.4 Å². The highest BCUT2D eigenvalue weighted by atomic mass is 19.1. The van der Waals surface area contributed by atoms with Crippen LogP contribution in [0.1, 0.15) is 31.7 Å². The summed E-state index contributed by atoms with van der Waals surface area (Å²) in [5.41, 5.74) is 7.22. The molecule has 1 unspecified atom stereocenters. The second-order valence-electron chi connectivity index (χ2n) is 5.00. The van der Waals surface area contributed by atoms with E-state index in [0.717, 1.165) is 24.1 Å². The Morgan fingerprint density at radius 2 is 2.25 bits per heavy atom. The summed E-state index contributed by atoms with van der Waals surface area (Å²) in [5.74, 6) is -0.526. The topological polar surface area (TPSA) is 58.7 Å². The van der Waals surface area contributed by atoms with Gasteiger partial charge in [-0.05, 0) is 37.1 Å². The van der Waals surface area contributed by atoms with Gasteiger partial charge < -0.3 is 5.73 Å². The third-order valence-corrected chi connectivity index (χ3v) is 3.39. The van der Waals surface area contributed by atoms with Gasteiger partial charge in [-0.3, -0.25) is 4.79 Å². The lowest BCUT2D eigenvalue weighted by Crippen LogP contribution is -2.29. The maximum Gasteiger partial charge on any atom is 0.251 e. The van der Waals surface area contributed by atoms with Crippen molar-refractivity contribution in [2.45, 2.75) is 32.7 Å². The Bertz CT molecular complexity index is 516. The van der Waals surface area contributed by atoms with Crippen LogP contribution in [-0.2, 0) is 11.3 Å². The van der Waals surface area contributed by atoms with Gasteiger partial charge in [-0.15, -0.1) is 0 Å². The quantitative estimate of drug-likeness (QED) is 0.867. The maximum atomic E-state index is 13.2. The smallest absolute Gasteiger partial charge is 0.251 e. The Hall–Kier alpha value is -1.75. The number of halogens is 1. The maximum absolute atomic E-state index is 13.2. The number of hydrogen-bond donors (Lipinski definition) is 1. The van der Waals surface area contributed by atoms with E-state index in [-0.39, 0.29) is 17.6 Å². The molecule has 0 fully saturated rings. The average Bonchev–Trinajstić information content (AvgIpc) is 2.69. The summed E-state index contributed by atoms with van der Waals surface area (Å²) in [5, 5.41) is 5.85. The molecular formula is C15H20FN3O. The standard InChI is InChI=1S/C15H20FN3O/c1-2-4-14-13(7-8-17)15(20)19(18-14)10-11-5-3-6-12(16)9-11/h3,5-6,9,13H,2,4,7-8,10,17H2,1H3. The van der Waals surface area contributed by atoms with Crippen LogP contribution in [0.2, 0.25) is 0 Å². The summed E-state index contributed by atoms with van der Waals surface area (Å²) in [6.07, 6.45) is 2.37. The highest BCUT2D eigenvalue weighted by Crippen LogP contribution is 2.23. The fraction of sp³-hybridized carbons (Fsp3) is 0.467. The lowest BCUT2D eigenvalue weighted by atomic mass is 9.96. The summed E-state index contributed by atoms with van der Waals surface area (Å²) in [7, 11) is 0. The third-order valence-electron chi connectivity index (χ3n) is 3.39. The van der Waals surface area contributed by atoms with Crippen molar-refractivity contribution in [1.29, 1.82) is 0 Å². The Kier molecular flexibility index (Phi) is 4.84. The summed E-state index contributed by atoms with van der Waals surface area (Å²) >= 11 is 0. The molecular weight excluding hydrogens is 257 g/mol. The van der Waals surface area contributed by atoms with Crippen molar-refractivity contribution in [2.24, 2.45) is 16.8 Å². The highest BCUT2D eigenvalue weighted by Gasteiger charge is 2.34. The van der Waals surface area contributed by atoms with Gasteiger partial charge in [-0.2, -0.15) is 5.10 Å². The molecule has 0 spiro atoms. The van der Waals surface area contributed by atoms with Crippen molar-refractivity contribution < 1.29 is 9.18 Å². The van der Waals surface area contributed by atoms with Crippen molar-refractivity contribution >= 4 is 11.6 Å². The number of nitrogens with two attached hydrogens (primary N) is 1. The van der Waals surface area contributed by atoms with Crippen LogP contribution < -0.4 is 5.73 Å². The average molecular weight is 277 g/mol. The summed E-state index contributed by atoms with van der Waals surface area (Å²) in [6, 6.07) is 6.25. The van der Waals surface area contributed by atoms with Crippen LogP contribution >= 0.6 is 0 Å². The van der Waals surface area contributed by atoms with Gasteiger partial charge in [0.15, 0.2) is 0 Å². The zero-order valence-electron chi connectivity index (χ0n) is 11.7. The van der Waals surface area contributed by atoms with Crippen LogP contribution in [0.4, 0.5) is 4.39 Å². The number of carbonyl (C=O) groups is 1.